The van der Waals surface area contributed by atoms with Gasteiger partial charge in [0.05, 0.1) is 41.3 Å². The van der Waals surface area contributed by atoms with Crippen molar-refractivity contribution < 1.29 is 9.53 Å². The van der Waals surface area contributed by atoms with Gasteiger partial charge in [-0.2, -0.15) is 0 Å². The number of carbonyl (C=O) groups is 1. The molecule has 3 heterocycles. The summed E-state index contributed by atoms with van der Waals surface area (Å²) in [4.78, 5) is 21.9. The predicted molar refractivity (Wildman–Crippen MR) is 123 cm³/mol. The molecule has 0 bridgehead atoms. The molecule has 8 nitrogen and oxygen atoms in total. The summed E-state index contributed by atoms with van der Waals surface area (Å²) >= 11 is 0. The van der Waals surface area contributed by atoms with Crippen LogP contribution in [0.15, 0.2) is 29.3 Å². The summed E-state index contributed by atoms with van der Waals surface area (Å²) in [5.74, 6) is 1.19. The van der Waals surface area contributed by atoms with Gasteiger partial charge in [-0.05, 0) is 44.9 Å². The minimum atomic E-state index is 0.215. The van der Waals surface area contributed by atoms with Crippen LogP contribution in [0.25, 0.3) is 11.3 Å². The lowest BCUT2D eigenvalue weighted by molar-refractivity contribution is -0.119. The Balaban J connectivity index is 1.56. The van der Waals surface area contributed by atoms with Crippen LogP contribution in [0.4, 0.5) is 17.1 Å². The Morgan fingerprint density at radius 2 is 2.06 bits per heavy atom. The number of pyridine rings is 1. The third-order valence-corrected chi connectivity index (χ3v) is 5.97. The van der Waals surface area contributed by atoms with E-state index in [2.05, 4.69) is 15.6 Å². The minimum absolute atomic E-state index is 0.215. The fourth-order valence-corrected chi connectivity index (χ4v) is 4.30. The topological polar surface area (TPSA) is 94.3 Å². The summed E-state index contributed by atoms with van der Waals surface area (Å²) in [5.41, 5.74) is 7.80. The van der Waals surface area contributed by atoms with Crippen LogP contribution in [-0.2, 0) is 24.7 Å². The van der Waals surface area contributed by atoms with Gasteiger partial charge in [0, 0.05) is 37.1 Å². The lowest BCUT2D eigenvalue weighted by atomic mass is 10.1. The largest absolute Gasteiger partial charge is 0.494 e. The Hall–Kier alpha value is -3.55. The number of fused-ring (bicyclic) bond motifs is 1. The first-order chi connectivity index (χ1) is 15.4. The van der Waals surface area contributed by atoms with Crippen LogP contribution in [-0.4, -0.2) is 38.6 Å². The van der Waals surface area contributed by atoms with Gasteiger partial charge in [-0.3, -0.25) is 14.8 Å². The van der Waals surface area contributed by atoms with E-state index in [1.807, 2.05) is 45.2 Å². The molecule has 0 atom stereocenters. The number of ketones is 1. The lowest BCUT2D eigenvalue weighted by Crippen LogP contribution is -2.08. The highest BCUT2D eigenvalue weighted by molar-refractivity contribution is 5.96. The number of carbonyl (C=O) groups excluding carboxylic acids is 1. The number of anilines is 2. The molecule has 164 valence electrons. The van der Waals surface area contributed by atoms with E-state index in [1.54, 1.807) is 11.8 Å². The molecule has 8 heteroatoms. The Kier molecular flexibility index (Phi) is 5.00. The molecule has 32 heavy (non-hydrogen) atoms. The zero-order valence-electron chi connectivity index (χ0n) is 18.8. The fraction of sp³-hybridized carbons (Fsp3) is 0.375. The summed E-state index contributed by atoms with van der Waals surface area (Å²) in [7, 11) is 3.52. The van der Waals surface area contributed by atoms with Crippen LogP contribution < -0.4 is 10.1 Å². The highest BCUT2D eigenvalue weighted by atomic mass is 16.5. The molecule has 5 rings (SSSR count). The van der Waals surface area contributed by atoms with Crippen molar-refractivity contribution in [3.05, 3.63) is 41.3 Å². The molecule has 1 aliphatic heterocycles. The van der Waals surface area contributed by atoms with Crippen LogP contribution in [0.2, 0.25) is 0 Å². The van der Waals surface area contributed by atoms with Crippen molar-refractivity contribution in [3.8, 4) is 17.0 Å². The molecule has 0 amide bonds. The lowest BCUT2D eigenvalue weighted by Gasteiger charge is -2.17. The van der Waals surface area contributed by atoms with Gasteiger partial charge >= 0.3 is 0 Å². The third-order valence-electron chi connectivity index (χ3n) is 5.97. The van der Waals surface area contributed by atoms with Crippen LogP contribution in [0.1, 0.15) is 36.8 Å². The smallest absolute Gasteiger partial charge is 0.151 e. The van der Waals surface area contributed by atoms with E-state index >= 15 is 0 Å². The van der Waals surface area contributed by atoms with E-state index in [9.17, 15) is 4.79 Å². The fourth-order valence-electron chi connectivity index (χ4n) is 4.30. The number of methoxy groups -OCH3 is 1. The number of aromatic nitrogens is 4. The summed E-state index contributed by atoms with van der Waals surface area (Å²) in [6.07, 6.45) is 3.07. The van der Waals surface area contributed by atoms with Crippen LogP contribution in [0.5, 0.6) is 5.75 Å². The minimum Gasteiger partial charge on any atom is -0.494 e. The highest BCUT2D eigenvalue weighted by Crippen LogP contribution is 2.42. The monoisotopic (exact) mass is 430 g/mol. The number of nitrogens with one attached hydrogen (secondary N) is 1. The number of benzene rings is 1. The van der Waals surface area contributed by atoms with Gasteiger partial charge in [0.15, 0.2) is 5.75 Å². The first-order valence-electron chi connectivity index (χ1n) is 10.8. The second-order valence-electron chi connectivity index (χ2n) is 8.56. The maximum absolute atomic E-state index is 12.4. The Morgan fingerprint density at radius 3 is 2.75 bits per heavy atom. The number of Topliss-reactive ketones (excluding diaryl/α,β-unsaturated/α-hetero) is 1. The molecule has 0 saturated heterocycles. The van der Waals surface area contributed by atoms with Crippen molar-refractivity contribution in [1.29, 1.82) is 0 Å². The van der Waals surface area contributed by atoms with Crippen LogP contribution in [0.3, 0.4) is 0 Å². The number of hydrogen-bond acceptors (Lipinski definition) is 7. The van der Waals surface area contributed by atoms with Crippen LogP contribution in [0, 0.1) is 12.8 Å². The summed E-state index contributed by atoms with van der Waals surface area (Å²) < 4.78 is 7.57. The quantitative estimate of drug-likeness (QED) is 0.606. The zero-order valence-corrected chi connectivity index (χ0v) is 18.8. The zero-order chi connectivity index (χ0) is 22.4. The number of hydrogen-bond donors (Lipinski definition) is 1. The van der Waals surface area contributed by atoms with E-state index in [-0.39, 0.29) is 11.7 Å². The Labute approximate surface area is 186 Å². The molecule has 0 unspecified atom stereocenters. The predicted octanol–water partition coefficient (Wildman–Crippen LogP) is 4.11. The normalized spacial score (nSPS) is 14.8. The summed E-state index contributed by atoms with van der Waals surface area (Å²) in [5, 5.41) is 11.8. The number of para-hydroxylation sites is 1. The third kappa shape index (κ3) is 3.66. The van der Waals surface area contributed by atoms with Crippen molar-refractivity contribution >= 4 is 28.6 Å². The van der Waals surface area contributed by atoms with Gasteiger partial charge in [0.1, 0.15) is 11.5 Å². The molecule has 1 fully saturated rings. The first kappa shape index (κ1) is 20.4. The number of rotatable bonds is 7. The Morgan fingerprint density at radius 1 is 1.25 bits per heavy atom. The molecular formula is C24H26N6O2. The van der Waals surface area contributed by atoms with Gasteiger partial charge in [-0.1, -0.05) is 11.3 Å². The Bertz CT molecular complexity index is 1240. The van der Waals surface area contributed by atoms with Crippen molar-refractivity contribution in [2.24, 2.45) is 18.0 Å². The first-order valence-corrected chi connectivity index (χ1v) is 10.8. The molecule has 0 radical (unpaired) electrons. The maximum Gasteiger partial charge on any atom is 0.151 e. The van der Waals surface area contributed by atoms with E-state index < -0.39 is 0 Å². The summed E-state index contributed by atoms with van der Waals surface area (Å²) in [6, 6.07) is 7.88. The molecular weight excluding hydrogens is 404 g/mol. The molecule has 0 spiro atoms. The molecule has 3 aromatic rings. The molecule has 1 saturated carbocycles. The van der Waals surface area contributed by atoms with Gasteiger partial charge in [-0.15, -0.1) is 5.10 Å². The van der Waals surface area contributed by atoms with Crippen molar-refractivity contribution in [2.45, 2.75) is 39.5 Å². The van der Waals surface area contributed by atoms with Crippen molar-refractivity contribution in [3.63, 3.8) is 0 Å². The molecule has 1 aromatic carbocycles. The highest BCUT2D eigenvalue weighted by Gasteiger charge is 2.30. The molecule has 1 aliphatic carbocycles. The van der Waals surface area contributed by atoms with E-state index in [1.165, 1.54) is 0 Å². The van der Waals surface area contributed by atoms with E-state index in [0.717, 1.165) is 64.0 Å². The number of nitrogens with zero attached hydrogens (tertiary/aromatic N) is 5. The van der Waals surface area contributed by atoms with Gasteiger partial charge in [0.2, 0.25) is 0 Å². The van der Waals surface area contributed by atoms with Crippen LogP contribution >= 0.6 is 0 Å². The SMILES string of the molecule is COc1c(Nc2cc(CC(=O)C3CC3)nc3c2N=C(C)C3)cccc1-c1c(C)nnn1C. The van der Waals surface area contributed by atoms with Gasteiger partial charge < -0.3 is 10.1 Å². The number of aliphatic imine (C=N–C) groups is 1. The molecule has 2 aromatic heterocycles. The molecule has 2 aliphatic rings. The maximum atomic E-state index is 12.4. The van der Waals surface area contributed by atoms with Crippen molar-refractivity contribution in [1.82, 2.24) is 20.0 Å². The second-order valence-corrected chi connectivity index (χ2v) is 8.56. The number of ether oxygens (including phenoxy) is 1. The second kappa shape index (κ2) is 7.85. The number of aryl methyl sites for hydroxylation is 2. The van der Waals surface area contributed by atoms with Crippen molar-refractivity contribution in [2.75, 3.05) is 12.4 Å². The van der Waals surface area contributed by atoms with Gasteiger partial charge in [-0.25, -0.2) is 4.68 Å². The van der Waals surface area contributed by atoms with Gasteiger partial charge in [0.25, 0.3) is 0 Å². The molecule has 1 N–H and O–H groups in total. The average Bonchev–Trinajstić information content (AvgIpc) is 3.47. The van der Waals surface area contributed by atoms with E-state index in [4.69, 9.17) is 14.7 Å². The summed E-state index contributed by atoms with van der Waals surface area (Å²) in [6.45, 7) is 3.93. The average molecular weight is 431 g/mol. The standard InChI is InChI=1S/C24H26N6O2/c1-13-10-19-22(25-13)20(11-16(26-19)12-21(31)15-8-9-15)27-18-7-5-6-17(24(18)32-4)23-14(2)28-29-30(23)3/h5-7,11,15H,8-10,12H2,1-4H3,(H,26,27). The van der Waals surface area contributed by atoms with E-state index in [0.29, 0.717) is 18.6 Å².